The number of nitrogens with two attached hydrogens (primary N) is 2. The summed E-state index contributed by atoms with van der Waals surface area (Å²) >= 11 is 0. The van der Waals surface area contributed by atoms with E-state index in [0.29, 0.717) is 0 Å². The second-order valence-corrected chi connectivity index (χ2v) is 1.25. The summed E-state index contributed by atoms with van der Waals surface area (Å²) in [5.41, 5.74) is 6.81. The highest BCUT2D eigenvalue weighted by atomic mass is 16.7. The van der Waals surface area contributed by atoms with Crippen molar-refractivity contribution < 1.29 is 14.7 Å². The SMILES string of the molecule is NN=C(N)NOC(=O)CO. The zero-order chi connectivity index (χ0) is 7.98. The average molecular weight is 148 g/mol. The predicted molar refractivity (Wildman–Crippen MR) is 32.1 cm³/mol. The summed E-state index contributed by atoms with van der Waals surface area (Å²) in [5.74, 6) is 3.53. The van der Waals surface area contributed by atoms with Crippen LogP contribution < -0.4 is 17.1 Å². The fourth-order valence-corrected chi connectivity index (χ4v) is 0.168. The van der Waals surface area contributed by atoms with E-state index in [0.717, 1.165) is 0 Å². The lowest BCUT2D eigenvalue weighted by Gasteiger charge is -2.01. The van der Waals surface area contributed by atoms with Gasteiger partial charge in [0.05, 0.1) is 0 Å². The number of rotatable bonds is 1. The number of carbonyl (C=O) groups is 1. The van der Waals surface area contributed by atoms with Gasteiger partial charge in [0.2, 0.25) is 5.96 Å². The summed E-state index contributed by atoms with van der Waals surface area (Å²) in [6.07, 6.45) is 0. The van der Waals surface area contributed by atoms with Crippen LogP contribution in [0.3, 0.4) is 0 Å². The van der Waals surface area contributed by atoms with Crippen molar-refractivity contribution in [3.05, 3.63) is 0 Å². The monoisotopic (exact) mass is 148 g/mol. The van der Waals surface area contributed by atoms with Crippen molar-refractivity contribution in [1.82, 2.24) is 5.48 Å². The summed E-state index contributed by atoms with van der Waals surface area (Å²) in [6.45, 7) is -0.731. The molecule has 0 heterocycles. The number of hydroxylamine groups is 1. The van der Waals surface area contributed by atoms with Crippen LogP contribution in [0.25, 0.3) is 0 Å². The van der Waals surface area contributed by atoms with Gasteiger partial charge >= 0.3 is 5.97 Å². The minimum atomic E-state index is -0.869. The zero-order valence-electron chi connectivity index (χ0n) is 5.07. The molecular weight excluding hydrogens is 140 g/mol. The molecule has 0 saturated heterocycles. The molecule has 7 nitrogen and oxygen atoms in total. The summed E-state index contributed by atoms with van der Waals surface area (Å²) in [7, 11) is 0. The van der Waals surface area contributed by atoms with E-state index in [1.54, 1.807) is 0 Å². The Morgan fingerprint density at radius 3 is 2.80 bits per heavy atom. The van der Waals surface area contributed by atoms with Gasteiger partial charge in [-0.25, -0.2) is 4.79 Å². The summed E-state index contributed by atoms with van der Waals surface area (Å²) in [5, 5.41) is 11.0. The normalized spacial score (nSPS) is 10.7. The highest BCUT2D eigenvalue weighted by molar-refractivity contribution is 5.79. The molecule has 0 spiro atoms. The molecule has 58 valence electrons. The molecule has 0 saturated carbocycles. The van der Waals surface area contributed by atoms with Gasteiger partial charge < -0.3 is 21.5 Å². The third kappa shape index (κ3) is 3.50. The van der Waals surface area contributed by atoms with E-state index in [1.807, 2.05) is 5.48 Å². The van der Waals surface area contributed by atoms with Gasteiger partial charge in [0.25, 0.3) is 0 Å². The molecule has 0 atom stereocenters. The Morgan fingerprint density at radius 1 is 1.80 bits per heavy atom. The highest BCUT2D eigenvalue weighted by Gasteiger charge is 1.98. The van der Waals surface area contributed by atoms with E-state index in [1.165, 1.54) is 0 Å². The minimum Gasteiger partial charge on any atom is -0.385 e. The van der Waals surface area contributed by atoms with Crippen LogP contribution in [0.1, 0.15) is 0 Å². The molecule has 0 aliphatic carbocycles. The Balaban J connectivity index is 3.45. The second kappa shape index (κ2) is 4.39. The largest absolute Gasteiger partial charge is 0.385 e. The maximum Gasteiger partial charge on any atom is 0.357 e. The molecule has 0 amide bonds. The van der Waals surface area contributed by atoms with Crippen molar-refractivity contribution in [1.29, 1.82) is 0 Å². The number of nitrogens with one attached hydrogen (secondary N) is 1. The Morgan fingerprint density at radius 2 is 2.40 bits per heavy atom. The van der Waals surface area contributed by atoms with Crippen LogP contribution in [0.15, 0.2) is 5.10 Å². The maximum atomic E-state index is 10.1. The molecule has 7 heteroatoms. The summed E-state index contributed by atoms with van der Waals surface area (Å²) in [4.78, 5) is 14.2. The number of aliphatic hydroxyl groups excluding tert-OH is 1. The molecule has 0 aliphatic rings. The van der Waals surface area contributed by atoms with Crippen molar-refractivity contribution >= 4 is 11.9 Å². The Bertz CT molecular complexity index is 145. The van der Waals surface area contributed by atoms with Crippen LogP contribution in [0, 0.1) is 0 Å². The first-order chi connectivity index (χ1) is 4.70. The Labute approximate surface area is 56.6 Å². The van der Waals surface area contributed by atoms with E-state index in [9.17, 15) is 4.79 Å². The standard InChI is InChI=1S/C3H8N4O3/c4-3(6-5)7-10-2(9)1-8/h8H,1,5H2,(H3,4,6,7). The van der Waals surface area contributed by atoms with Gasteiger partial charge in [-0.3, -0.25) is 0 Å². The average Bonchev–Trinajstić information content (AvgIpc) is 1.99. The second-order valence-electron chi connectivity index (χ2n) is 1.25. The van der Waals surface area contributed by atoms with Gasteiger partial charge in [0.15, 0.2) is 0 Å². The number of hydrogen-bond acceptors (Lipinski definition) is 5. The molecule has 0 unspecified atom stereocenters. The maximum absolute atomic E-state index is 10.1. The van der Waals surface area contributed by atoms with Crippen LogP contribution in [0.2, 0.25) is 0 Å². The Kier molecular flexibility index (Phi) is 3.73. The van der Waals surface area contributed by atoms with E-state index in [4.69, 9.17) is 10.8 Å². The van der Waals surface area contributed by atoms with Crippen LogP contribution in [-0.2, 0) is 9.63 Å². The number of nitrogens with zero attached hydrogens (tertiary/aromatic N) is 1. The molecule has 0 aliphatic heterocycles. The number of guanidine groups is 1. The molecule has 0 aromatic rings. The lowest BCUT2D eigenvalue weighted by Crippen LogP contribution is -2.35. The third-order valence-electron chi connectivity index (χ3n) is 0.538. The van der Waals surface area contributed by atoms with Crippen molar-refractivity contribution in [3.63, 3.8) is 0 Å². The van der Waals surface area contributed by atoms with E-state index in [-0.39, 0.29) is 5.96 Å². The van der Waals surface area contributed by atoms with Gasteiger partial charge in [-0.15, -0.1) is 5.10 Å². The molecule has 0 bridgehead atoms. The summed E-state index contributed by atoms with van der Waals surface area (Å²) in [6, 6.07) is 0. The molecule has 0 rings (SSSR count). The molecule has 0 aromatic heterocycles. The lowest BCUT2D eigenvalue weighted by atomic mass is 10.8. The van der Waals surface area contributed by atoms with Crippen LogP contribution in [-0.4, -0.2) is 23.6 Å². The van der Waals surface area contributed by atoms with Crippen molar-refractivity contribution in [2.45, 2.75) is 0 Å². The number of aliphatic hydroxyl groups is 1. The van der Waals surface area contributed by atoms with Crippen LogP contribution in [0.4, 0.5) is 0 Å². The smallest absolute Gasteiger partial charge is 0.357 e. The number of hydrogen-bond donors (Lipinski definition) is 4. The molecule has 10 heavy (non-hydrogen) atoms. The third-order valence-corrected chi connectivity index (χ3v) is 0.538. The predicted octanol–water partition coefficient (Wildman–Crippen LogP) is -2.79. The van der Waals surface area contributed by atoms with Gasteiger partial charge in [-0.05, 0) is 0 Å². The zero-order valence-corrected chi connectivity index (χ0v) is 5.07. The first-order valence-electron chi connectivity index (χ1n) is 2.30. The van der Waals surface area contributed by atoms with E-state index >= 15 is 0 Å². The quantitative estimate of drug-likeness (QED) is 0.138. The molecule has 0 fully saturated rings. The van der Waals surface area contributed by atoms with E-state index in [2.05, 4.69) is 15.8 Å². The van der Waals surface area contributed by atoms with Crippen molar-refractivity contribution in [3.8, 4) is 0 Å². The van der Waals surface area contributed by atoms with E-state index < -0.39 is 12.6 Å². The molecule has 0 aromatic carbocycles. The van der Waals surface area contributed by atoms with Crippen molar-refractivity contribution in [2.24, 2.45) is 16.7 Å². The van der Waals surface area contributed by atoms with Gasteiger partial charge in [-0.1, -0.05) is 0 Å². The molecule has 6 N–H and O–H groups in total. The van der Waals surface area contributed by atoms with Crippen molar-refractivity contribution in [2.75, 3.05) is 6.61 Å². The first-order valence-corrected chi connectivity index (χ1v) is 2.30. The highest BCUT2D eigenvalue weighted by Crippen LogP contribution is 1.67. The minimum absolute atomic E-state index is 0.248. The fraction of sp³-hybridized carbons (Fsp3) is 0.333. The van der Waals surface area contributed by atoms with Gasteiger partial charge in [0, 0.05) is 0 Å². The number of hydrazone groups is 1. The fourth-order valence-electron chi connectivity index (χ4n) is 0.168. The Hall–Kier alpha value is -1.50. The van der Waals surface area contributed by atoms with Crippen LogP contribution in [0.5, 0.6) is 0 Å². The van der Waals surface area contributed by atoms with Gasteiger partial charge in [-0.2, -0.15) is 5.48 Å². The summed E-state index contributed by atoms with van der Waals surface area (Å²) < 4.78 is 0. The molecule has 0 radical (unpaired) electrons. The van der Waals surface area contributed by atoms with Gasteiger partial charge in [0.1, 0.15) is 6.61 Å². The lowest BCUT2D eigenvalue weighted by molar-refractivity contribution is -0.151. The topological polar surface area (TPSA) is 123 Å². The van der Waals surface area contributed by atoms with Crippen LogP contribution >= 0.6 is 0 Å². The molecular formula is C3H8N4O3. The number of carbonyl (C=O) groups excluding carboxylic acids is 1. The first kappa shape index (κ1) is 8.50.